The second-order valence-electron chi connectivity index (χ2n) is 3.93. The van der Waals surface area contributed by atoms with Crippen molar-refractivity contribution < 1.29 is 5.11 Å². The first kappa shape index (κ1) is 12.2. The molecule has 1 unspecified atom stereocenters. The van der Waals surface area contributed by atoms with E-state index in [-0.39, 0.29) is 0 Å². The van der Waals surface area contributed by atoms with Crippen LogP contribution in [-0.4, -0.2) is 43.7 Å². The standard InChI is InChI=1S/C12H20N2O/c1-14(2)9-8-13-10-12(15)11-6-4-3-5-7-11/h3-7,12-13,15H,8-10H2,1-2H3. The summed E-state index contributed by atoms with van der Waals surface area (Å²) >= 11 is 0. The van der Waals surface area contributed by atoms with Crippen LogP contribution >= 0.6 is 0 Å². The SMILES string of the molecule is CN(C)CCNCC(O)c1ccccc1. The van der Waals surface area contributed by atoms with E-state index in [1.54, 1.807) is 0 Å². The number of aliphatic hydroxyl groups is 1. The van der Waals surface area contributed by atoms with Gasteiger partial charge in [-0.15, -0.1) is 0 Å². The second kappa shape index (κ2) is 6.56. The van der Waals surface area contributed by atoms with Crippen molar-refractivity contribution in [3.8, 4) is 0 Å². The number of aliphatic hydroxyl groups excluding tert-OH is 1. The molecule has 0 radical (unpaired) electrons. The summed E-state index contributed by atoms with van der Waals surface area (Å²) in [5, 5.41) is 13.0. The molecule has 15 heavy (non-hydrogen) atoms. The van der Waals surface area contributed by atoms with Gasteiger partial charge in [0.25, 0.3) is 0 Å². The molecular weight excluding hydrogens is 188 g/mol. The number of hydrogen-bond donors (Lipinski definition) is 2. The summed E-state index contributed by atoms with van der Waals surface area (Å²) in [6.45, 7) is 2.50. The van der Waals surface area contributed by atoms with Gasteiger partial charge in [0, 0.05) is 19.6 Å². The zero-order chi connectivity index (χ0) is 11.1. The number of benzene rings is 1. The fraction of sp³-hybridized carbons (Fsp3) is 0.500. The molecule has 1 aromatic carbocycles. The van der Waals surface area contributed by atoms with Gasteiger partial charge in [-0.1, -0.05) is 30.3 Å². The van der Waals surface area contributed by atoms with Crippen LogP contribution in [0.2, 0.25) is 0 Å². The lowest BCUT2D eigenvalue weighted by Crippen LogP contribution is -2.29. The molecule has 0 bridgehead atoms. The van der Waals surface area contributed by atoms with Crippen LogP contribution in [0.25, 0.3) is 0 Å². The molecule has 0 fully saturated rings. The maximum Gasteiger partial charge on any atom is 0.0914 e. The van der Waals surface area contributed by atoms with Crippen molar-refractivity contribution in [2.75, 3.05) is 33.7 Å². The zero-order valence-electron chi connectivity index (χ0n) is 9.48. The van der Waals surface area contributed by atoms with Crippen LogP contribution < -0.4 is 5.32 Å². The molecule has 0 aliphatic carbocycles. The third-order valence-corrected chi connectivity index (χ3v) is 2.26. The normalized spacial score (nSPS) is 13.1. The Kier molecular flexibility index (Phi) is 5.32. The first-order chi connectivity index (χ1) is 7.20. The predicted octanol–water partition coefficient (Wildman–Crippen LogP) is 0.871. The van der Waals surface area contributed by atoms with Crippen LogP contribution in [0.4, 0.5) is 0 Å². The van der Waals surface area contributed by atoms with Crippen LogP contribution in [0.3, 0.4) is 0 Å². The first-order valence-electron chi connectivity index (χ1n) is 5.28. The molecule has 0 aromatic heterocycles. The lowest BCUT2D eigenvalue weighted by Gasteiger charge is -2.14. The van der Waals surface area contributed by atoms with E-state index < -0.39 is 6.10 Å². The minimum Gasteiger partial charge on any atom is -0.387 e. The molecule has 1 atom stereocenters. The van der Waals surface area contributed by atoms with E-state index in [1.807, 2.05) is 44.4 Å². The van der Waals surface area contributed by atoms with Gasteiger partial charge in [0.15, 0.2) is 0 Å². The monoisotopic (exact) mass is 208 g/mol. The van der Waals surface area contributed by atoms with E-state index in [0.29, 0.717) is 6.54 Å². The van der Waals surface area contributed by atoms with Crippen LogP contribution in [0.15, 0.2) is 30.3 Å². The van der Waals surface area contributed by atoms with Crippen molar-refractivity contribution in [2.45, 2.75) is 6.10 Å². The molecule has 0 amide bonds. The molecule has 84 valence electrons. The highest BCUT2D eigenvalue weighted by Crippen LogP contribution is 2.09. The Hall–Kier alpha value is -0.900. The van der Waals surface area contributed by atoms with Gasteiger partial charge in [-0.05, 0) is 19.7 Å². The maximum absolute atomic E-state index is 9.81. The Bertz CT molecular complexity index is 262. The number of nitrogens with zero attached hydrogens (tertiary/aromatic N) is 1. The predicted molar refractivity (Wildman–Crippen MR) is 62.8 cm³/mol. The molecule has 0 spiro atoms. The van der Waals surface area contributed by atoms with Crippen molar-refractivity contribution in [2.24, 2.45) is 0 Å². The Morgan fingerprint density at radius 2 is 1.93 bits per heavy atom. The second-order valence-corrected chi connectivity index (χ2v) is 3.93. The number of likely N-dealkylation sites (N-methyl/N-ethyl adjacent to an activating group) is 1. The summed E-state index contributed by atoms with van der Waals surface area (Å²) in [4.78, 5) is 2.11. The van der Waals surface area contributed by atoms with Crippen molar-refractivity contribution in [3.63, 3.8) is 0 Å². The van der Waals surface area contributed by atoms with Gasteiger partial charge in [-0.3, -0.25) is 0 Å². The van der Waals surface area contributed by atoms with E-state index in [4.69, 9.17) is 0 Å². The molecule has 3 nitrogen and oxygen atoms in total. The van der Waals surface area contributed by atoms with Crippen molar-refractivity contribution in [3.05, 3.63) is 35.9 Å². The fourth-order valence-electron chi connectivity index (χ4n) is 1.33. The average molecular weight is 208 g/mol. The molecular formula is C12H20N2O. The number of nitrogens with one attached hydrogen (secondary N) is 1. The summed E-state index contributed by atoms with van der Waals surface area (Å²) < 4.78 is 0. The van der Waals surface area contributed by atoms with Crippen molar-refractivity contribution in [1.29, 1.82) is 0 Å². The smallest absolute Gasteiger partial charge is 0.0914 e. The molecule has 3 heteroatoms. The van der Waals surface area contributed by atoms with Crippen LogP contribution in [0.5, 0.6) is 0 Å². The van der Waals surface area contributed by atoms with Crippen molar-refractivity contribution in [1.82, 2.24) is 10.2 Å². The molecule has 1 rings (SSSR count). The quantitative estimate of drug-likeness (QED) is 0.681. The maximum atomic E-state index is 9.81. The van der Waals surface area contributed by atoms with E-state index in [0.717, 1.165) is 18.7 Å². The minimum atomic E-state index is -0.409. The van der Waals surface area contributed by atoms with Crippen LogP contribution in [0, 0.1) is 0 Å². The molecule has 0 saturated heterocycles. The molecule has 0 aliphatic rings. The number of rotatable bonds is 6. The van der Waals surface area contributed by atoms with Gasteiger partial charge in [0.2, 0.25) is 0 Å². The summed E-state index contributed by atoms with van der Waals surface area (Å²) in [6, 6.07) is 9.73. The summed E-state index contributed by atoms with van der Waals surface area (Å²) in [7, 11) is 4.07. The fourth-order valence-corrected chi connectivity index (χ4v) is 1.33. The Morgan fingerprint density at radius 1 is 1.27 bits per heavy atom. The molecule has 0 heterocycles. The van der Waals surface area contributed by atoms with Gasteiger partial charge in [0.05, 0.1) is 6.10 Å². The van der Waals surface area contributed by atoms with Gasteiger partial charge < -0.3 is 15.3 Å². The highest BCUT2D eigenvalue weighted by Gasteiger charge is 2.05. The summed E-state index contributed by atoms with van der Waals surface area (Å²) in [5.41, 5.74) is 0.967. The minimum absolute atomic E-state index is 0.409. The lowest BCUT2D eigenvalue weighted by atomic mass is 10.1. The van der Waals surface area contributed by atoms with Crippen molar-refractivity contribution >= 4 is 0 Å². The zero-order valence-corrected chi connectivity index (χ0v) is 9.48. The van der Waals surface area contributed by atoms with Crippen LogP contribution in [0.1, 0.15) is 11.7 Å². The van der Waals surface area contributed by atoms with Gasteiger partial charge in [-0.25, -0.2) is 0 Å². The Labute approximate surface area is 91.7 Å². The highest BCUT2D eigenvalue weighted by atomic mass is 16.3. The van der Waals surface area contributed by atoms with Gasteiger partial charge >= 0.3 is 0 Å². The highest BCUT2D eigenvalue weighted by molar-refractivity contribution is 5.17. The molecule has 0 saturated carbocycles. The topological polar surface area (TPSA) is 35.5 Å². The first-order valence-corrected chi connectivity index (χ1v) is 5.28. The third-order valence-electron chi connectivity index (χ3n) is 2.26. The van der Waals surface area contributed by atoms with E-state index in [1.165, 1.54) is 0 Å². The van der Waals surface area contributed by atoms with Crippen LogP contribution in [-0.2, 0) is 0 Å². The average Bonchev–Trinajstić information content (AvgIpc) is 2.25. The van der Waals surface area contributed by atoms with E-state index in [2.05, 4.69) is 10.2 Å². The molecule has 2 N–H and O–H groups in total. The summed E-state index contributed by atoms with van der Waals surface area (Å²) in [5.74, 6) is 0. The Morgan fingerprint density at radius 3 is 2.53 bits per heavy atom. The van der Waals surface area contributed by atoms with E-state index in [9.17, 15) is 5.11 Å². The van der Waals surface area contributed by atoms with E-state index >= 15 is 0 Å². The molecule has 0 aliphatic heterocycles. The van der Waals surface area contributed by atoms with Gasteiger partial charge in [-0.2, -0.15) is 0 Å². The third kappa shape index (κ3) is 4.93. The lowest BCUT2D eigenvalue weighted by molar-refractivity contribution is 0.173. The largest absolute Gasteiger partial charge is 0.387 e. The van der Waals surface area contributed by atoms with Gasteiger partial charge in [0.1, 0.15) is 0 Å². The number of hydrogen-bond acceptors (Lipinski definition) is 3. The summed E-state index contributed by atoms with van der Waals surface area (Å²) in [6.07, 6.45) is -0.409. The molecule has 1 aromatic rings. The Balaban J connectivity index is 2.22.